The van der Waals surface area contributed by atoms with Gasteiger partial charge in [0.05, 0.1) is 5.69 Å². The summed E-state index contributed by atoms with van der Waals surface area (Å²) in [6.07, 6.45) is 3.17. The minimum absolute atomic E-state index is 0.456. The molecule has 2 aromatic heterocycles. The van der Waals surface area contributed by atoms with Crippen molar-refractivity contribution >= 4 is 0 Å². The minimum atomic E-state index is 0.456. The third-order valence-electron chi connectivity index (χ3n) is 1.70. The summed E-state index contributed by atoms with van der Waals surface area (Å²) in [4.78, 5) is 7.89. The van der Waals surface area contributed by atoms with Crippen LogP contribution in [0.15, 0.2) is 24.7 Å². The highest BCUT2D eigenvalue weighted by molar-refractivity contribution is 5.53. The van der Waals surface area contributed by atoms with Gasteiger partial charge >= 0.3 is 0 Å². The van der Waals surface area contributed by atoms with E-state index in [1.54, 1.807) is 12.3 Å². The molecule has 0 aromatic carbocycles. The van der Waals surface area contributed by atoms with Crippen molar-refractivity contribution in [1.82, 2.24) is 20.2 Å². The Hall–Kier alpha value is -1.75. The van der Waals surface area contributed by atoms with Crippen molar-refractivity contribution in [1.29, 1.82) is 0 Å². The van der Waals surface area contributed by atoms with Gasteiger partial charge in [0.15, 0.2) is 0 Å². The van der Waals surface area contributed by atoms with Crippen LogP contribution in [0, 0.1) is 0 Å². The topological polar surface area (TPSA) is 80.5 Å². The fourth-order valence-corrected chi connectivity index (χ4v) is 1.04. The Kier molecular flexibility index (Phi) is 2.01. The van der Waals surface area contributed by atoms with E-state index in [0.717, 1.165) is 17.1 Å². The highest BCUT2D eigenvalue weighted by Crippen LogP contribution is 2.12. The molecule has 0 aliphatic rings. The van der Waals surface area contributed by atoms with E-state index < -0.39 is 0 Å². The Morgan fingerprint density at radius 3 is 2.92 bits per heavy atom. The summed E-state index contributed by atoms with van der Waals surface area (Å²) in [5, 5.41) is 6.88. The predicted octanol–water partition coefficient (Wildman–Crippen LogP) is 0.325. The largest absolute Gasteiger partial charge is 0.325 e. The Labute approximate surface area is 75.0 Å². The lowest BCUT2D eigenvalue weighted by Crippen LogP contribution is -1.95. The van der Waals surface area contributed by atoms with Crippen LogP contribution in [-0.4, -0.2) is 20.2 Å². The standard InChI is InChI=1S/C8H9N5/c9-4-6-3-8(13-12-6)7-1-2-10-5-11-7/h1-3,5H,4,9H2,(H,12,13). The number of aromatic nitrogens is 4. The van der Waals surface area contributed by atoms with E-state index in [1.165, 1.54) is 6.33 Å². The zero-order valence-electron chi connectivity index (χ0n) is 6.94. The van der Waals surface area contributed by atoms with Crippen LogP contribution in [0.25, 0.3) is 11.4 Å². The van der Waals surface area contributed by atoms with E-state index >= 15 is 0 Å². The number of hydrogen-bond acceptors (Lipinski definition) is 4. The molecule has 0 atom stereocenters. The second kappa shape index (κ2) is 3.32. The molecule has 0 aliphatic heterocycles. The molecule has 66 valence electrons. The molecule has 13 heavy (non-hydrogen) atoms. The quantitative estimate of drug-likeness (QED) is 0.689. The fourth-order valence-electron chi connectivity index (χ4n) is 1.04. The zero-order chi connectivity index (χ0) is 9.10. The first kappa shape index (κ1) is 7.88. The fraction of sp³-hybridized carbons (Fsp3) is 0.125. The van der Waals surface area contributed by atoms with E-state index in [2.05, 4.69) is 20.2 Å². The molecule has 2 aromatic rings. The lowest BCUT2D eigenvalue weighted by Gasteiger charge is -1.90. The van der Waals surface area contributed by atoms with Crippen molar-refractivity contribution in [3.8, 4) is 11.4 Å². The van der Waals surface area contributed by atoms with Crippen molar-refractivity contribution in [3.05, 3.63) is 30.4 Å². The highest BCUT2D eigenvalue weighted by atomic mass is 15.1. The molecule has 2 rings (SSSR count). The number of nitrogens with zero attached hydrogens (tertiary/aromatic N) is 3. The number of H-pyrrole nitrogens is 1. The maximum atomic E-state index is 5.44. The van der Waals surface area contributed by atoms with Gasteiger partial charge in [0.2, 0.25) is 0 Å². The predicted molar refractivity (Wildman–Crippen MR) is 47.5 cm³/mol. The summed E-state index contributed by atoms with van der Waals surface area (Å²) in [6, 6.07) is 3.68. The minimum Gasteiger partial charge on any atom is -0.325 e. The molecule has 0 aliphatic carbocycles. The van der Waals surface area contributed by atoms with Crippen molar-refractivity contribution in [2.75, 3.05) is 0 Å². The second-order valence-corrected chi connectivity index (χ2v) is 2.58. The number of rotatable bonds is 2. The van der Waals surface area contributed by atoms with Gasteiger partial charge < -0.3 is 5.73 Å². The molecule has 0 saturated heterocycles. The van der Waals surface area contributed by atoms with Crippen molar-refractivity contribution in [2.24, 2.45) is 5.73 Å². The molecular weight excluding hydrogens is 166 g/mol. The van der Waals surface area contributed by atoms with Gasteiger partial charge in [0.25, 0.3) is 0 Å². The first-order valence-electron chi connectivity index (χ1n) is 3.91. The Balaban J connectivity index is 2.36. The van der Waals surface area contributed by atoms with Crippen LogP contribution < -0.4 is 5.73 Å². The van der Waals surface area contributed by atoms with Gasteiger partial charge in [-0.25, -0.2) is 9.97 Å². The van der Waals surface area contributed by atoms with E-state index in [0.29, 0.717) is 6.54 Å². The van der Waals surface area contributed by atoms with Gasteiger partial charge in [-0.15, -0.1) is 0 Å². The molecule has 5 nitrogen and oxygen atoms in total. The average molecular weight is 175 g/mol. The van der Waals surface area contributed by atoms with Crippen LogP contribution in [0.3, 0.4) is 0 Å². The number of nitrogens with two attached hydrogens (primary N) is 1. The molecule has 2 heterocycles. The molecule has 3 N–H and O–H groups in total. The molecule has 5 heteroatoms. The molecule has 0 saturated carbocycles. The molecule has 0 fully saturated rings. The summed E-state index contributed by atoms with van der Waals surface area (Å²) in [6.45, 7) is 0.456. The lowest BCUT2D eigenvalue weighted by molar-refractivity contribution is 0.947. The summed E-state index contributed by atoms with van der Waals surface area (Å²) >= 11 is 0. The smallest absolute Gasteiger partial charge is 0.116 e. The van der Waals surface area contributed by atoms with Gasteiger partial charge in [-0.1, -0.05) is 0 Å². The molecular formula is C8H9N5. The Bertz CT molecular complexity index is 380. The van der Waals surface area contributed by atoms with Crippen LogP contribution in [0.1, 0.15) is 5.69 Å². The van der Waals surface area contributed by atoms with E-state index in [4.69, 9.17) is 5.73 Å². The maximum Gasteiger partial charge on any atom is 0.116 e. The lowest BCUT2D eigenvalue weighted by atomic mass is 10.3. The number of nitrogens with one attached hydrogen (secondary N) is 1. The van der Waals surface area contributed by atoms with E-state index in [9.17, 15) is 0 Å². The Morgan fingerprint density at radius 1 is 1.38 bits per heavy atom. The highest BCUT2D eigenvalue weighted by Gasteiger charge is 2.02. The van der Waals surface area contributed by atoms with Crippen molar-refractivity contribution < 1.29 is 0 Å². The van der Waals surface area contributed by atoms with E-state index in [-0.39, 0.29) is 0 Å². The second-order valence-electron chi connectivity index (χ2n) is 2.58. The van der Waals surface area contributed by atoms with Gasteiger partial charge in [-0.2, -0.15) is 5.10 Å². The third kappa shape index (κ3) is 1.54. The monoisotopic (exact) mass is 175 g/mol. The number of aromatic amines is 1. The van der Waals surface area contributed by atoms with Crippen molar-refractivity contribution in [2.45, 2.75) is 6.54 Å². The zero-order valence-corrected chi connectivity index (χ0v) is 6.94. The van der Waals surface area contributed by atoms with Crippen LogP contribution in [-0.2, 0) is 6.54 Å². The van der Waals surface area contributed by atoms with Gasteiger partial charge in [-0.3, -0.25) is 5.10 Å². The summed E-state index contributed by atoms with van der Waals surface area (Å²) in [5.74, 6) is 0. The summed E-state index contributed by atoms with van der Waals surface area (Å²) in [5.41, 5.74) is 7.93. The van der Waals surface area contributed by atoms with Crippen LogP contribution in [0.2, 0.25) is 0 Å². The molecule has 0 unspecified atom stereocenters. The van der Waals surface area contributed by atoms with Gasteiger partial charge in [0.1, 0.15) is 12.0 Å². The Morgan fingerprint density at radius 2 is 2.31 bits per heavy atom. The van der Waals surface area contributed by atoms with Crippen molar-refractivity contribution in [3.63, 3.8) is 0 Å². The molecule has 0 amide bonds. The number of hydrogen-bond donors (Lipinski definition) is 2. The van der Waals surface area contributed by atoms with Gasteiger partial charge in [0, 0.05) is 18.4 Å². The SMILES string of the molecule is NCc1cc(-c2ccncn2)n[nH]1. The summed E-state index contributed by atoms with van der Waals surface area (Å²) < 4.78 is 0. The first-order chi connectivity index (χ1) is 6.40. The van der Waals surface area contributed by atoms with Crippen LogP contribution >= 0.6 is 0 Å². The summed E-state index contributed by atoms with van der Waals surface area (Å²) in [7, 11) is 0. The van der Waals surface area contributed by atoms with E-state index in [1.807, 2.05) is 6.07 Å². The average Bonchev–Trinajstić information content (AvgIpc) is 2.67. The normalized spacial score (nSPS) is 10.2. The molecule has 0 spiro atoms. The van der Waals surface area contributed by atoms with Crippen LogP contribution in [0.5, 0.6) is 0 Å². The third-order valence-corrected chi connectivity index (χ3v) is 1.70. The molecule has 0 bridgehead atoms. The first-order valence-corrected chi connectivity index (χ1v) is 3.91. The van der Waals surface area contributed by atoms with Crippen LogP contribution in [0.4, 0.5) is 0 Å². The molecule has 0 radical (unpaired) electrons. The maximum absolute atomic E-state index is 5.44. The van der Waals surface area contributed by atoms with Gasteiger partial charge in [-0.05, 0) is 12.1 Å².